The molecule has 158 valence electrons. The molecule has 2 N–H and O–H groups in total. The molecule has 0 radical (unpaired) electrons. The van der Waals surface area contributed by atoms with Crippen LogP contribution in [0.25, 0.3) is 16.4 Å². The Labute approximate surface area is 176 Å². The van der Waals surface area contributed by atoms with Gasteiger partial charge in [0.15, 0.2) is 5.65 Å². The number of carbonyl (C=O) groups is 1. The molecule has 1 aliphatic rings. The summed E-state index contributed by atoms with van der Waals surface area (Å²) in [6.07, 6.45) is 2.44. The molecule has 9 nitrogen and oxygen atoms in total. The van der Waals surface area contributed by atoms with Gasteiger partial charge in [-0.05, 0) is 25.3 Å². The molecule has 1 unspecified atom stereocenters. The second-order valence-corrected chi connectivity index (χ2v) is 7.81. The van der Waals surface area contributed by atoms with E-state index in [4.69, 9.17) is 0 Å². The normalized spacial score (nSPS) is 16.4. The van der Waals surface area contributed by atoms with Crippen molar-refractivity contribution < 1.29 is 4.79 Å². The van der Waals surface area contributed by atoms with Crippen LogP contribution in [-0.2, 0) is 17.6 Å². The zero-order valence-corrected chi connectivity index (χ0v) is 17.1. The van der Waals surface area contributed by atoms with E-state index in [1.807, 2.05) is 30.0 Å². The summed E-state index contributed by atoms with van der Waals surface area (Å²) < 4.78 is 1.42. The molecule has 0 aliphatic carbocycles. The summed E-state index contributed by atoms with van der Waals surface area (Å²) in [4.78, 5) is 43.9. The minimum atomic E-state index is -0.270. The van der Waals surface area contributed by atoms with Gasteiger partial charge in [0.1, 0.15) is 0 Å². The van der Waals surface area contributed by atoms with Gasteiger partial charge in [0, 0.05) is 29.8 Å². The lowest BCUT2D eigenvalue weighted by Gasteiger charge is -2.23. The van der Waals surface area contributed by atoms with Gasteiger partial charge >= 0.3 is 0 Å². The van der Waals surface area contributed by atoms with Crippen molar-refractivity contribution in [3.05, 3.63) is 74.2 Å². The molecule has 0 spiro atoms. The molecule has 1 atom stereocenters. The standard InChI is InChI=1S/C22H22N6O3/c1-2-13-10-21(30)28-19(23-13)11-17(26-28)18-8-5-9-27(18)20(29)12-16-14-6-3-4-7-15(14)22(31)25-24-16/h3-4,6-7,10-11,18,26H,2,5,8-9,12H2,1H3,(H,25,31). The zero-order valence-electron chi connectivity index (χ0n) is 17.1. The van der Waals surface area contributed by atoms with Gasteiger partial charge in [-0.2, -0.15) is 5.10 Å². The number of aromatic nitrogens is 5. The summed E-state index contributed by atoms with van der Waals surface area (Å²) in [6.45, 7) is 2.58. The summed E-state index contributed by atoms with van der Waals surface area (Å²) in [5.74, 6) is -0.0691. The van der Waals surface area contributed by atoms with E-state index in [0.29, 0.717) is 35.1 Å². The zero-order chi connectivity index (χ0) is 21.5. The number of H-pyrrole nitrogens is 2. The fraction of sp³-hybridized carbons (Fsp3) is 0.318. The lowest BCUT2D eigenvalue weighted by molar-refractivity contribution is -0.131. The highest BCUT2D eigenvalue weighted by Gasteiger charge is 2.32. The topological polar surface area (TPSA) is 116 Å². The van der Waals surface area contributed by atoms with Gasteiger partial charge < -0.3 is 4.90 Å². The molecular weight excluding hydrogens is 396 g/mol. The Bertz CT molecular complexity index is 1420. The maximum Gasteiger partial charge on any atom is 0.272 e. The molecule has 9 heteroatoms. The first-order valence-electron chi connectivity index (χ1n) is 10.4. The molecule has 1 aromatic carbocycles. The van der Waals surface area contributed by atoms with E-state index >= 15 is 0 Å². The number of hydrogen-bond donors (Lipinski definition) is 2. The van der Waals surface area contributed by atoms with Crippen LogP contribution in [0.3, 0.4) is 0 Å². The highest BCUT2D eigenvalue weighted by atomic mass is 16.2. The number of carbonyl (C=O) groups excluding carboxylic acids is 1. The number of amides is 1. The summed E-state index contributed by atoms with van der Waals surface area (Å²) >= 11 is 0. The van der Waals surface area contributed by atoms with Crippen LogP contribution in [0.5, 0.6) is 0 Å². The average Bonchev–Trinajstić information content (AvgIpc) is 3.43. The van der Waals surface area contributed by atoms with Gasteiger partial charge in [0.2, 0.25) is 5.91 Å². The van der Waals surface area contributed by atoms with Gasteiger partial charge in [-0.3, -0.25) is 19.5 Å². The number of likely N-dealkylation sites (tertiary alicyclic amines) is 1. The number of nitrogens with zero attached hydrogens (tertiary/aromatic N) is 4. The number of aryl methyl sites for hydroxylation is 1. The largest absolute Gasteiger partial charge is 0.334 e. The molecule has 0 saturated carbocycles. The highest BCUT2D eigenvalue weighted by molar-refractivity contribution is 5.88. The van der Waals surface area contributed by atoms with Crippen molar-refractivity contribution in [2.45, 2.75) is 38.6 Å². The minimum absolute atomic E-state index is 0.0691. The maximum atomic E-state index is 13.2. The summed E-state index contributed by atoms with van der Waals surface area (Å²) in [5.41, 5.74) is 2.22. The average molecular weight is 418 g/mol. The third-order valence-corrected chi connectivity index (χ3v) is 5.91. The van der Waals surface area contributed by atoms with Gasteiger partial charge in [-0.1, -0.05) is 25.1 Å². The number of aromatic amines is 2. The van der Waals surface area contributed by atoms with Crippen LogP contribution in [0, 0.1) is 0 Å². The van der Waals surface area contributed by atoms with Crippen molar-refractivity contribution in [1.29, 1.82) is 0 Å². The van der Waals surface area contributed by atoms with Crippen LogP contribution in [0.2, 0.25) is 0 Å². The van der Waals surface area contributed by atoms with E-state index < -0.39 is 0 Å². The first kappa shape index (κ1) is 19.2. The molecular formula is C22H22N6O3. The van der Waals surface area contributed by atoms with Crippen LogP contribution in [0.1, 0.15) is 42.9 Å². The van der Waals surface area contributed by atoms with E-state index in [2.05, 4.69) is 20.3 Å². The monoisotopic (exact) mass is 418 g/mol. The van der Waals surface area contributed by atoms with E-state index in [1.54, 1.807) is 12.1 Å². The quantitative estimate of drug-likeness (QED) is 0.524. The molecule has 1 aliphatic heterocycles. The molecule has 1 fully saturated rings. The Morgan fingerprint density at radius 3 is 2.81 bits per heavy atom. The maximum absolute atomic E-state index is 13.2. The van der Waals surface area contributed by atoms with Crippen molar-refractivity contribution in [3.63, 3.8) is 0 Å². The smallest absolute Gasteiger partial charge is 0.272 e. The first-order chi connectivity index (χ1) is 15.0. The third kappa shape index (κ3) is 3.31. The van der Waals surface area contributed by atoms with Gasteiger partial charge in [-0.25, -0.2) is 14.6 Å². The molecule has 3 aromatic heterocycles. The molecule has 31 heavy (non-hydrogen) atoms. The molecule has 4 aromatic rings. The number of benzene rings is 1. The molecule has 0 bridgehead atoms. The Morgan fingerprint density at radius 1 is 1.19 bits per heavy atom. The molecule has 1 saturated heterocycles. The predicted molar refractivity (Wildman–Crippen MR) is 115 cm³/mol. The SMILES string of the molecule is CCc1cc(=O)n2[nH]c(C3CCCN3C(=O)Cc3n[nH]c(=O)c4ccccc34)cc2n1. The number of rotatable bonds is 4. The molecule has 4 heterocycles. The Balaban J connectivity index is 1.46. The summed E-state index contributed by atoms with van der Waals surface area (Å²) in [7, 11) is 0. The van der Waals surface area contributed by atoms with Gasteiger partial charge in [0.25, 0.3) is 11.1 Å². The lowest BCUT2D eigenvalue weighted by Crippen LogP contribution is -2.32. The number of hydrogen-bond acceptors (Lipinski definition) is 5. The van der Waals surface area contributed by atoms with Crippen LogP contribution in [-0.4, -0.2) is 42.1 Å². The Hall–Kier alpha value is -3.75. The number of fused-ring (bicyclic) bond motifs is 2. The van der Waals surface area contributed by atoms with Crippen molar-refractivity contribution in [1.82, 2.24) is 29.7 Å². The summed E-state index contributed by atoms with van der Waals surface area (Å²) in [5, 5.41) is 11.0. The highest BCUT2D eigenvalue weighted by Crippen LogP contribution is 2.32. The number of nitrogens with one attached hydrogen (secondary N) is 2. The summed E-state index contributed by atoms with van der Waals surface area (Å²) in [6, 6.07) is 10.4. The predicted octanol–water partition coefficient (Wildman–Crippen LogP) is 1.73. The third-order valence-electron chi connectivity index (χ3n) is 5.91. The lowest BCUT2D eigenvalue weighted by atomic mass is 10.1. The van der Waals surface area contributed by atoms with Crippen molar-refractivity contribution in [2.24, 2.45) is 0 Å². The second kappa shape index (κ2) is 7.50. The van der Waals surface area contributed by atoms with E-state index in [0.717, 1.165) is 24.2 Å². The van der Waals surface area contributed by atoms with Crippen LogP contribution in [0.15, 0.2) is 46.0 Å². The van der Waals surface area contributed by atoms with E-state index in [-0.39, 0.29) is 29.5 Å². The second-order valence-electron chi connectivity index (χ2n) is 7.81. The van der Waals surface area contributed by atoms with Crippen molar-refractivity contribution in [3.8, 4) is 0 Å². The van der Waals surface area contributed by atoms with Crippen LogP contribution < -0.4 is 11.1 Å². The molecule has 1 amide bonds. The van der Waals surface area contributed by atoms with Crippen LogP contribution >= 0.6 is 0 Å². The van der Waals surface area contributed by atoms with Crippen molar-refractivity contribution >= 4 is 22.3 Å². The van der Waals surface area contributed by atoms with Crippen LogP contribution in [0.4, 0.5) is 0 Å². The first-order valence-corrected chi connectivity index (χ1v) is 10.4. The van der Waals surface area contributed by atoms with Gasteiger partial charge in [-0.15, -0.1) is 0 Å². The Morgan fingerprint density at radius 2 is 2.00 bits per heavy atom. The molecule has 5 rings (SSSR count). The van der Waals surface area contributed by atoms with E-state index in [1.165, 1.54) is 10.6 Å². The van der Waals surface area contributed by atoms with E-state index in [9.17, 15) is 14.4 Å². The fourth-order valence-corrected chi connectivity index (χ4v) is 4.35. The Kier molecular flexibility index (Phi) is 4.65. The van der Waals surface area contributed by atoms with Crippen molar-refractivity contribution in [2.75, 3.05) is 6.54 Å². The van der Waals surface area contributed by atoms with Gasteiger partial charge in [0.05, 0.1) is 29.2 Å². The minimum Gasteiger partial charge on any atom is -0.334 e. The fourth-order valence-electron chi connectivity index (χ4n) is 4.35.